The summed E-state index contributed by atoms with van der Waals surface area (Å²) in [5, 5.41) is 6.80. The Balaban J connectivity index is 0.000000154. The van der Waals surface area contributed by atoms with Crippen LogP contribution in [0.25, 0.3) is 65.5 Å². The van der Waals surface area contributed by atoms with Gasteiger partial charge >= 0.3 is 0 Å². The Kier molecular flexibility index (Phi) is 20.2. The van der Waals surface area contributed by atoms with Gasteiger partial charge in [0.05, 0.1) is 22.1 Å². The molecule has 0 aliphatic heterocycles. The van der Waals surface area contributed by atoms with Gasteiger partial charge in [0.15, 0.2) is 0 Å². The zero-order valence-corrected chi connectivity index (χ0v) is 61.3. The molecule has 8 nitrogen and oxygen atoms in total. The number of nitrogens with zero attached hydrogens (tertiary/aromatic N) is 8. The Morgan fingerprint density at radius 2 is 0.744 bits per heavy atom. The van der Waals surface area contributed by atoms with Crippen LogP contribution in [-0.4, -0.2) is 37.4 Å². The summed E-state index contributed by atoms with van der Waals surface area (Å²) < 4.78 is 13.6. The van der Waals surface area contributed by atoms with Crippen molar-refractivity contribution in [2.24, 2.45) is 42.3 Å². The van der Waals surface area contributed by atoms with Gasteiger partial charge in [-0.05, 0) is 148 Å². The maximum absolute atomic E-state index is 4.71. The molecule has 0 saturated carbocycles. The lowest BCUT2D eigenvalue weighted by Crippen LogP contribution is -2.17. The van der Waals surface area contributed by atoms with E-state index in [1.54, 1.807) is 0 Å². The average molecular weight is 1210 g/mol. The van der Waals surface area contributed by atoms with E-state index >= 15 is 0 Å². The first-order chi connectivity index (χ1) is 41.4. The molecule has 480 valence electrons. The van der Waals surface area contributed by atoms with E-state index < -0.39 is 0 Å². The Morgan fingerprint density at radius 1 is 0.289 bits per heavy atom. The van der Waals surface area contributed by atoms with Crippen molar-refractivity contribution in [3.63, 3.8) is 0 Å². The van der Waals surface area contributed by atoms with E-state index in [1.807, 2.05) is 0 Å². The van der Waals surface area contributed by atoms with Crippen LogP contribution in [0.4, 0.5) is 0 Å². The molecule has 0 aliphatic carbocycles. The van der Waals surface area contributed by atoms with Gasteiger partial charge in [-0.1, -0.05) is 185 Å². The van der Waals surface area contributed by atoms with Crippen LogP contribution < -0.4 is 0 Å². The maximum Gasteiger partial charge on any atom is 0.115 e. The standard InChI is InChI=1S/C15H21N.2C14H19N.2C13H18N2.C13H17N/c1-10-7-12-9-14(15(3,4)5)16(6)13(12)8-11(10)2;1-10-6-7-12-11(8-10)9-13(15(12)5)14(2,3)4;1-10-7-6-8-12-11(10)9-13(15(12)5)14(2,3)4;1-9-6-7-11-10(8-9)14-12(15(11)5)13(2,3)4;1-9-6-7-10-11(8-9)15(5)12(14-10)13(2,3)4;1-13(2,3)12-11-8-6-5-7-10(11)9-14(12)4/h7-9H,1-6H3;2*6-9H,1-5H3;2*6-8H,1-5H3;5-9H,1-4H3. The van der Waals surface area contributed by atoms with Crippen LogP contribution in [-0.2, 0) is 74.8 Å². The molecule has 8 heteroatoms. The molecule has 0 fully saturated rings. The van der Waals surface area contributed by atoms with Gasteiger partial charge in [0.1, 0.15) is 11.6 Å². The molecule has 6 aromatic heterocycles. The Labute approximate surface area is 542 Å². The maximum atomic E-state index is 4.71. The van der Waals surface area contributed by atoms with Gasteiger partial charge in [-0.25, -0.2) is 9.97 Å². The number of hydrogen-bond acceptors (Lipinski definition) is 2. The molecule has 0 radical (unpaired) electrons. The number of rotatable bonds is 0. The third-order valence-electron chi connectivity index (χ3n) is 17.5. The number of imidazole rings is 2. The van der Waals surface area contributed by atoms with Crippen LogP contribution in [0.1, 0.15) is 192 Å². The molecule has 0 atom stereocenters. The van der Waals surface area contributed by atoms with Crippen LogP contribution >= 0.6 is 0 Å². The van der Waals surface area contributed by atoms with Crippen molar-refractivity contribution in [2.45, 2.75) is 199 Å². The zero-order chi connectivity index (χ0) is 67.3. The Bertz CT molecular complexity index is 4370. The van der Waals surface area contributed by atoms with E-state index in [2.05, 4.69) is 374 Å². The van der Waals surface area contributed by atoms with Crippen LogP contribution in [0.5, 0.6) is 0 Å². The van der Waals surface area contributed by atoms with E-state index in [0.29, 0.717) is 0 Å². The van der Waals surface area contributed by atoms with Gasteiger partial charge in [0, 0.05) is 142 Å². The highest BCUT2D eigenvalue weighted by Gasteiger charge is 2.25. The number of fused-ring (bicyclic) bond motifs is 6. The molecule has 90 heavy (non-hydrogen) atoms. The van der Waals surface area contributed by atoms with E-state index in [4.69, 9.17) is 4.98 Å². The third-order valence-corrected chi connectivity index (χ3v) is 17.5. The molecule has 0 unspecified atom stereocenters. The first-order valence-electron chi connectivity index (χ1n) is 32.5. The monoisotopic (exact) mass is 1210 g/mol. The summed E-state index contributed by atoms with van der Waals surface area (Å²) in [5.74, 6) is 2.28. The molecule has 6 heterocycles. The second-order valence-corrected chi connectivity index (χ2v) is 32.0. The fourth-order valence-electron chi connectivity index (χ4n) is 12.9. The highest BCUT2D eigenvalue weighted by Crippen LogP contribution is 2.35. The Morgan fingerprint density at radius 3 is 1.29 bits per heavy atom. The largest absolute Gasteiger partial charge is 0.353 e. The fraction of sp³-hybridized carbons (Fsp3) is 0.439. The van der Waals surface area contributed by atoms with Crippen LogP contribution in [0.3, 0.4) is 0 Å². The predicted octanol–water partition coefficient (Wildman–Crippen LogP) is 21.5. The summed E-state index contributed by atoms with van der Waals surface area (Å²) in [6.45, 7) is 53.2. The van der Waals surface area contributed by atoms with E-state index in [-0.39, 0.29) is 32.5 Å². The smallest absolute Gasteiger partial charge is 0.115 e. The SMILES string of the molecule is Cc1cc2cc(C(C)(C)C)n(C)c2cc1C.Cc1ccc2c(c1)cc(C(C)(C)C)n2C.Cc1ccc2c(c1)nc(C(C)(C)C)n2C.Cc1ccc2nc(C(C)(C)C)n(C)c2c1.Cc1cccc2c1cc(C(C)(C)C)n2C.Cn1cc2ccccc2c1C(C)(C)C. The molecular weight excluding hydrogens is 1100 g/mol. The third kappa shape index (κ3) is 15.6. The second kappa shape index (κ2) is 26.0. The fourth-order valence-corrected chi connectivity index (χ4v) is 12.9. The van der Waals surface area contributed by atoms with Gasteiger partial charge in [-0.3, -0.25) is 0 Å². The molecule has 0 amide bonds. The first-order valence-corrected chi connectivity index (χ1v) is 32.5. The number of aryl methyl sites for hydroxylation is 12. The second-order valence-electron chi connectivity index (χ2n) is 32.0. The molecule has 0 saturated heterocycles. The summed E-state index contributed by atoms with van der Waals surface area (Å²) in [5.41, 5.74) is 23.2. The predicted molar refractivity (Wildman–Crippen MR) is 394 cm³/mol. The van der Waals surface area contributed by atoms with Crippen molar-refractivity contribution in [1.29, 1.82) is 0 Å². The highest BCUT2D eigenvalue weighted by molar-refractivity contribution is 5.87. The van der Waals surface area contributed by atoms with Crippen LogP contribution in [0.15, 0.2) is 134 Å². The number of benzene rings is 6. The van der Waals surface area contributed by atoms with Gasteiger partial charge in [0.25, 0.3) is 0 Å². The van der Waals surface area contributed by atoms with Gasteiger partial charge < -0.3 is 27.4 Å². The molecule has 0 spiro atoms. The lowest BCUT2D eigenvalue weighted by Gasteiger charge is -2.20. The minimum absolute atomic E-state index is 0.0989. The van der Waals surface area contributed by atoms with Crippen molar-refractivity contribution < 1.29 is 0 Å². The first kappa shape index (κ1) is 69.9. The summed E-state index contributed by atoms with van der Waals surface area (Å²) >= 11 is 0. The van der Waals surface area contributed by atoms with Crippen molar-refractivity contribution in [3.05, 3.63) is 201 Å². The van der Waals surface area contributed by atoms with Gasteiger partial charge in [-0.15, -0.1) is 0 Å². The van der Waals surface area contributed by atoms with Crippen molar-refractivity contribution >= 4 is 65.5 Å². The number of aromatic nitrogens is 8. The molecular formula is C82H112N8. The topological polar surface area (TPSA) is 55.4 Å². The minimum Gasteiger partial charge on any atom is -0.353 e. The van der Waals surface area contributed by atoms with E-state index in [1.165, 1.54) is 111 Å². The molecule has 6 aromatic carbocycles. The lowest BCUT2D eigenvalue weighted by atomic mass is 9.89. The van der Waals surface area contributed by atoms with Gasteiger partial charge in [-0.2, -0.15) is 0 Å². The summed E-state index contributed by atoms with van der Waals surface area (Å²) in [6.07, 6.45) is 2.20. The molecule has 0 N–H and O–H groups in total. The summed E-state index contributed by atoms with van der Waals surface area (Å²) in [6, 6.07) is 46.1. The van der Waals surface area contributed by atoms with Crippen molar-refractivity contribution in [2.75, 3.05) is 0 Å². The van der Waals surface area contributed by atoms with E-state index in [9.17, 15) is 0 Å². The summed E-state index contributed by atoms with van der Waals surface area (Å²) in [4.78, 5) is 9.39. The normalized spacial score (nSPS) is 12.3. The van der Waals surface area contributed by atoms with Crippen molar-refractivity contribution in [3.8, 4) is 0 Å². The minimum atomic E-state index is 0.0989. The van der Waals surface area contributed by atoms with Crippen LogP contribution in [0, 0.1) is 41.5 Å². The van der Waals surface area contributed by atoms with E-state index in [0.717, 1.165) is 22.7 Å². The van der Waals surface area contributed by atoms with Crippen LogP contribution in [0.2, 0.25) is 0 Å². The van der Waals surface area contributed by atoms with Crippen molar-refractivity contribution in [1.82, 2.24) is 37.4 Å². The molecule has 0 aliphatic rings. The van der Waals surface area contributed by atoms with Gasteiger partial charge in [0.2, 0.25) is 0 Å². The number of hydrogen-bond donors (Lipinski definition) is 0. The average Bonchev–Trinajstić information content (AvgIpc) is 1.71. The molecule has 0 bridgehead atoms. The molecule has 12 rings (SSSR count). The zero-order valence-electron chi connectivity index (χ0n) is 61.3. The highest BCUT2D eigenvalue weighted by atomic mass is 15.1. The summed E-state index contributed by atoms with van der Waals surface area (Å²) in [7, 11) is 12.8. The molecule has 12 aromatic rings. The quantitative estimate of drug-likeness (QED) is 0.152. The lowest BCUT2D eigenvalue weighted by molar-refractivity contribution is 0.526. The Hall–Kier alpha value is -7.58.